The van der Waals surface area contributed by atoms with Gasteiger partial charge in [0, 0.05) is 6.04 Å². The molecule has 3 heteroatoms. The molecule has 1 amide bonds. The molecule has 0 radical (unpaired) electrons. The molecule has 1 fully saturated rings. The molecule has 0 aliphatic heterocycles. The summed E-state index contributed by atoms with van der Waals surface area (Å²) in [5.41, 5.74) is 0. The van der Waals surface area contributed by atoms with Crippen LogP contribution in [0.5, 0.6) is 0 Å². The van der Waals surface area contributed by atoms with E-state index in [9.17, 15) is 4.79 Å². The average Bonchev–Trinajstić information content (AvgIpc) is 2.18. The molecule has 0 bridgehead atoms. The third-order valence-corrected chi connectivity index (χ3v) is 3.13. The summed E-state index contributed by atoms with van der Waals surface area (Å²) in [4.78, 5) is 10.6. The van der Waals surface area contributed by atoms with Gasteiger partial charge in [0.2, 0.25) is 0 Å². The molecule has 3 nitrogen and oxygen atoms in total. The normalized spacial score (nSPS) is 20.4. The van der Waals surface area contributed by atoms with Crippen molar-refractivity contribution in [1.29, 1.82) is 0 Å². The van der Waals surface area contributed by atoms with Crippen molar-refractivity contribution in [3.05, 3.63) is 0 Å². The molecule has 0 saturated heterocycles. The van der Waals surface area contributed by atoms with Gasteiger partial charge >= 0.3 is 6.09 Å². The lowest BCUT2D eigenvalue weighted by Crippen LogP contribution is -2.40. The Hall–Kier alpha value is -0.730. The highest BCUT2D eigenvalue weighted by molar-refractivity contribution is 5.64. The molecule has 1 saturated carbocycles. The van der Waals surface area contributed by atoms with Crippen LogP contribution in [0.15, 0.2) is 0 Å². The molecule has 1 atom stereocenters. The van der Waals surface area contributed by atoms with E-state index in [-0.39, 0.29) is 6.04 Å². The second kappa shape index (κ2) is 5.89. The van der Waals surface area contributed by atoms with Gasteiger partial charge in [-0.3, -0.25) is 0 Å². The molecule has 2 N–H and O–H groups in total. The predicted octanol–water partition coefficient (Wildman–Crippen LogP) is 3.00. The van der Waals surface area contributed by atoms with Crippen molar-refractivity contribution in [3.63, 3.8) is 0 Å². The van der Waals surface area contributed by atoms with Gasteiger partial charge in [0.25, 0.3) is 0 Å². The number of amides is 1. The molecule has 0 aromatic carbocycles. The lowest BCUT2D eigenvalue weighted by Gasteiger charge is -2.29. The smallest absolute Gasteiger partial charge is 0.404 e. The van der Waals surface area contributed by atoms with Crippen molar-refractivity contribution in [2.24, 2.45) is 5.92 Å². The standard InChI is InChI=1S/C11H21NO2/c1-2-6-10(12-11(13)14)9-7-4-3-5-8-9/h9-10,12H,2-8H2,1H3,(H,13,14). The number of nitrogens with one attached hydrogen (secondary N) is 1. The minimum absolute atomic E-state index is 0.192. The van der Waals surface area contributed by atoms with Gasteiger partial charge in [0.15, 0.2) is 0 Å². The van der Waals surface area contributed by atoms with E-state index in [1.807, 2.05) is 0 Å². The first kappa shape index (κ1) is 11.3. The predicted molar refractivity (Wildman–Crippen MR) is 56.4 cm³/mol. The van der Waals surface area contributed by atoms with Gasteiger partial charge in [-0.25, -0.2) is 4.79 Å². The highest BCUT2D eigenvalue weighted by atomic mass is 16.4. The van der Waals surface area contributed by atoms with Gasteiger partial charge in [0.1, 0.15) is 0 Å². The molecule has 0 aromatic rings. The van der Waals surface area contributed by atoms with Crippen LogP contribution in [-0.4, -0.2) is 17.2 Å². The van der Waals surface area contributed by atoms with Crippen LogP contribution in [0.3, 0.4) is 0 Å². The highest BCUT2D eigenvalue weighted by Gasteiger charge is 2.23. The van der Waals surface area contributed by atoms with Crippen LogP contribution in [0.4, 0.5) is 4.79 Å². The third kappa shape index (κ3) is 3.56. The Morgan fingerprint density at radius 2 is 2.07 bits per heavy atom. The molecule has 82 valence electrons. The maximum Gasteiger partial charge on any atom is 0.404 e. The summed E-state index contributed by atoms with van der Waals surface area (Å²) >= 11 is 0. The van der Waals surface area contributed by atoms with Crippen LogP contribution in [0.1, 0.15) is 51.9 Å². The maximum absolute atomic E-state index is 10.6. The van der Waals surface area contributed by atoms with E-state index in [4.69, 9.17) is 5.11 Å². The Balaban J connectivity index is 2.42. The monoisotopic (exact) mass is 199 g/mol. The fourth-order valence-corrected chi connectivity index (χ4v) is 2.43. The lowest BCUT2D eigenvalue weighted by molar-refractivity contribution is 0.176. The van der Waals surface area contributed by atoms with Crippen LogP contribution in [0, 0.1) is 5.92 Å². The molecule has 1 unspecified atom stereocenters. The van der Waals surface area contributed by atoms with Gasteiger partial charge in [-0.2, -0.15) is 0 Å². The van der Waals surface area contributed by atoms with Gasteiger partial charge in [-0.05, 0) is 25.2 Å². The first-order valence-corrected chi connectivity index (χ1v) is 5.73. The van der Waals surface area contributed by atoms with Crippen LogP contribution < -0.4 is 5.32 Å². The SMILES string of the molecule is CCCC(NC(=O)O)C1CCCCC1. The first-order chi connectivity index (χ1) is 6.74. The summed E-state index contributed by atoms with van der Waals surface area (Å²) in [6.45, 7) is 2.11. The Morgan fingerprint density at radius 1 is 1.43 bits per heavy atom. The van der Waals surface area contributed by atoms with E-state index in [2.05, 4.69) is 12.2 Å². The van der Waals surface area contributed by atoms with Gasteiger partial charge < -0.3 is 10.4 Å². The highest BCUT2D eigenvalue weighted by Crippen LogP contribution is 2.28. The van der Waals surface area contributed by atoms with Gasteiger partial charge in [-0.15, -0.1) is 0 Å². The van der Waals surface area contributed by atoms with E-state index >= 15 is 0 Å². The van der Waals surface area contributed by atoms with Crippen molar-refractivity contribution in [2.75, 3.05) is 0 Å². The minimum atomic E-state index is -0.867. The largest absolute Gasteiger partial charge is 0.465 e. The lowest BCUT2D eigenvalue weighted by atomic mass is 9.82. The van der Waals surface area contributed by atoms with E-state index in [0.717, 1.165) is 12.8 Å². The summed E-state index contributed by atoms with van der Waals surface area (Å²) in [6.07, 6.45) is 7.43. The Kier molecular flexibility index (Phi) is 4.77. The molecule has 1 aliphatic rings. The zero-order valence-electron chi connectivity index (χ0n) is 8.96. The van der Waals surface area contributed by atoms with E-state index in [1.54, 1.807) is 0 Å². The Labute approximate surface area is 85.9 Å². The van der Waals surface area contributed by atoms with E-state index in [0.29, 0.717) is 5.92 Å². The van der Waals surface area contributed by atoms with Gasteiger partial charge in [0.05, 0.1) is 0 Å². The molecule has 0 aromatic heterocycles. The first-order valence-electron chi connectivity index (χ1n) is 5.73. The molecular formula is C11H21NO2. The minimum Gasteiger partial charge on any atom is -0.465 e. The summed E-state index contributed by atoms with van der Waals surface area (Å²) in [5, 5.41) is 11.4. The topological polar surface area (TPSA) is 49.3 Å². The van der Waals surface area contributed by atoms with Crippen molar-refractivity contribution in [1.82, 2.24) is 5.32 Å². The maximum atomic E-state index is 10.6. The molecule has 1 aliphatic carbocycles. The Bertz CT molecular complexity index is 176. The zero-order valence-corrected chi connectivity index (χ0v) is 8.96. The fourth-order valence-electron chi connectivity index (χ4n) is 2.43. The zero-order chi connectivity index (χ0) is 10.4. The molecule has 0 heterocycles. The van der Waals surface area contributed by atoms with Crippen LogP contribution in [0.25, 0.3) is 0 Å². The number of carboxylic acid groups (broad SMARTS) is 1. The summed E-state index contributed by atoms with van der Waals surface area (Å²) in [6, 6.07) is 0.192. The molecule has 14 heavy (non-hydrogen) atoms. The van der Waals surface area contributed by atoms with Crippen LogP contribution in [-0.2, 0) is 0 Å². The van der Waals surface area contributed by atoms with E-state index < -0.39 is 6.09 Å². The van der Waals surface area contributed by atoms with Crippen LogP contribution in [0.2, 0.25) is 0 Å². The molecular weight excluding hydrogens is 178 g/mol. The quantitative estimate of drug-likeness (QED) is 0.731. The van der Waals surface area contributed by atoms with Crippen molar-refractivity contribution in [2.45, 2.75) is 57.9 Å². The van der Waals surface area contributed by atoms with Crippen molar-refractivity contribution < 1.29 is 9.90 Å². The van der Waals surface area contributed by atoms with Crippen LogP contribution >= 0.6 is 0 Å². The summed E-state index contributed by atoms with van der Waals surface area (Å²) in [5.74, 6) is 0.583. The van der Waals surface area contributed by atoms with E-state index in [1.165, 1.54) is 32.1 Å². The number of hydrogen-bond acceptors (Lipinski definition) is 1. The van der Waals surface area contributed by atoms with Crippen molar-refractivity contribution >= 4 is 6.09 Å². The number of rotatable bonds is 4. The second-order valence-corrected chi connectivity index (χ2v) is 4.24. The fraction of sp³-hybridized carbons (Fsp3) is 0.909. The molecule has 0 spiro atoms. The third-order valence-electron chi connectivity index (χ3n) is 3.13. The van der Waals surface area contributed by atoms with Gasteiger partial charge in [-0.1, -0.05) is 32.6 Å². The molecule has 1 rings (SSSR count). The number of carbonyl (C=O) groups is 1. The number of hydrogen-bond donors (Lipinski definition) is 2. The van der Waals surface area contributed by atoms with Crippen molar-refractivity contribution in [3.8, 4) is 0 Å². The average molecular weight is 199 g/mol. The summed E-state index contributed by atoms with van der Waals surface area (Å²) in [7, 11) is 0. The second-order valence-electron chi connectivity index (χ2n) is 4.24. The summed E-state index contributed by atoms with van der Waals surface area (Å²) < 4.78 is 0. The Morgan fingerprint density at radius 3 is 2.57 bits per heavy atom.